The monoisotopic (exact) mass is 443 g/mol. The van der Waals surface area contributed by atoms with E-state index < -0.39 is 10.0 Å². The zero-order chi connectivity index (χ0) is 22.0. The van der Waals surface area contributed by atoms with E-state index in [1.54, 1.807) is 23.0 Å². The first-order valence-corrected chi connectivity index (χ1v) is 11.9. The van der Waals surface area contributed by atoms with Crippen molar-refractivity contribution in [2.24, 2.45) is 0 Å². The minimum atomic E-state index is -3.33. The molecule has 2 aromatic heterocycles. The van der Waals surface area contributed by atoms with Gasteiger partial charge in [0, 0.05) is 44.4 Å². The molecule has 1 fully saturated rings. The number of nitrogens with zero attached hydrogens (tertiary/aromatic N) is 5. The van der Waals surface area contributed by atoms with Gasteiger partial charge in [0.2, 0.25) is 21.8 Å². The number of fused-ring (bicyclic) bond motifs is 1. The lowest BCUT2D eigenvalue weighted by atomic mass is 10.1. The van der Waals surface area contributed by atoms with Gasteiger partial charge in [-0.3, -0.25) is 13.8 Å². The minimum Gasteiger partial charge on any atom is -0.474 e. The van der Waals surface area contributed by atoms with E-state index in [9.17, 15) is 13.2 Å². The standard InChI is InChI=1S/C21H25N5O4S/c1-24(31(2,28)29)17-7-8-20(22-14-17)30-18-9-11-25(12-10-18)21(27)15-26-19-6-4-3-5-16(19)13-23-26/h3-8,13-14,18H,9-12,15H2,1-2H3. The van der Waals surface area contributed by atoms with Crippen LogP contribution in [0.4, 0.5) is 5.69 Å². The van der Waals surface area contributed by atoms with Crippen LogP contribution in [-0.4, -0.2) is 66.5 Å². The van der Waals surface area contributed by atoms with Gasteiger partial charge < -0.3 is 9.64 Å². The van der Waals surface area contributed by atoms with Crippen molar-refractivity contribution in [2.45, 2.75) is 25.5 Å². The van der Waals surface area contributed by atoms with Crippen molar-refractivity contribution in [2.75, 3.05) is 30.7 Å². The molecule has 3 aromatic rings. The van der Waals surface area contributed by atoms with E-state index in [0.717, 1.165) is 21.5 Å². The van der Waals surface area contributed by atoms with Crippen molar-refractivity contribution in [3.63, 3.8) is 0 Å². The van der Waals surface area contributed by atoms with Crippen LogP contribution in [0, 0.1) is 0 Å². The highest BCUT2D eigenvalue weighted by atomic mass is 32.2. The van der Waals surface area contributed by atoms with Crippen LogP contribution < -0.4 is 9.04 Å². The Kier molecular flexibility index (Phi) is 5.81. The largest absolute Gasteiger partial charge is 0.474 e. The van der Waals surface area contributed by atoms with E-state index >= 15 is 0 Å². The van der Waals surface area contributed by atoms with E-state index in [2.05, 4.69) is 10.1 Å². The number of pyridine rings is 1. The molecule has 9 nitrogen and oxygen atoms in total. The highest BCUT2D eigenvalue weighted by Crippen LogP contribution is 2.21. The van der Waals surface area contributed by atoms with Crippen LogP contribution in [0.15, 0.2) is 48.8 Å². The Morgan fingerprint density at radius 3 is 2.58 bits per heavy atom. The second-order valence-electron chi connectivity index (χ2n) is 7.64. The third-order valence-electron chi connectivity index (χ3n) is 5.50. The summed E-state index contributed by atoms with van der Waals surface area (Å²) in [5.74, 6) is 0.483. The fourth-order valence-electron chi connectivity index (χ4n) is 3.59. The lowest BCUT2D eigenvalue weighted by molar-refractivity contribution is -0.133. The Labute approximate surface area is 181 Å². The zero-order valence-corrected chi connectivity index (χ0v) is 18.3. The normalized spacial score (nSPS) is 15.2. The van der Waals surface area contributed by atoms with Crippen molar-refractivity contribution in [1.82, 2.24) is 19.7 Å². The van der Waals surface area contributed by atoms with Gasteiger partial charge in [-0.2, -0.15) is 5.10 Å². The number of benzene rings is 1. The molecule has 1 aliphatic heterocycles. The lowest BCUT2D eigenvalue weighted by Gasteiger charge is -2.32. The average Bonchev–Trinajstić information content (AvgIpc) is 3.16. The molecule has 0 atom stereocenters. The van der Waals surface area contributed by atoms with Crippen LogP contribution in [0.2, 0.25) is 0 Å². The number of carbonyl (C=O) groups is 1. The summed E-state index contributed by atoms with van der Waals surface area (Å²) in [5, 5.41) is 5.35. The van der Waals surface area contributed by atoms with Gasteiger partial charge in [0.05, 0.1) is 29.9 Å². The van der Waals surface area contributed by atoms with Crippen LogP contribution in [0.3, 0.4) is 0 Å². The molecular formula is C21H25N5O4S. The van der Waals surface area contributed by atoms with Gasteiger partial charge >= 0.3 is 0 Å². The number of amides is 1. The van der Waals surface area contributed by atoms with E-state index in [0.29, 0.717) is 37.5 Å². The molecular weight excluding hydrogens is 418 g/mol. The summed E-state index contributed by atoms with van der Waals surface area (Å²) in [6.45, 7) is 1.44. The molecule has 1 amide bonds. The summed E-state index contributed by atoms with van der Waals surface area (Å²) in [6, 6.07) is 11.2. The molecule has 0 unspecified atom stereocenters. The number of piperidine rings is 1. The first-order valence-electron chi connectivity index (χ1n) is 10.1. The summed E-state index contributed by atoms with van der Waals surface area (Å²) >= 11 is 0. The number of hydrogen-bond donors (Lipinski definition) is 0. The Morgan fingerprint density at radius 2 is 1.90 bits per heavy atom. The molecule has 1 aliphatic rings. The molecule has 0 saturated carbocycles. The topological polar surface area (TPSA) is 97.6 Å². The number of anilines is 1. The summed E-state index contributed by atoms with van der Waals surface area (Å²) < 4.78 is 32.1. The second-order valence-corrected chi connectivity index (χ2v) is 9.66. The quantitative estimate of drug-likeness (QED) is 0.577. The van der Waals surface area contributed by atoms with Crippen LogP contribution >= 0.6 is 0 Å². The summed E-state index contributed by atoms with van der Waals surface area (Å²) in [5.41, 5.74) is 1.42. The molecule has 1 aromatic carbocycles. The number of carbonyl (C=O) groups excluding carboxylic acids is 1. The smallest absolute Gasteiger partial charge is 0.244 e. The highest BCUT2D eigenvalue weighted by Gasteiger charge is 2.25. The van der Waals surface area contributed by atoms with Gasteiger partial charge in [-0.25, -0.2) is 13.4 Å². The molecule has 3 heterocycles. The summed E-state index contributed by atoms with van der Waals surface area (Å²) in [6.07, 6.45) is 5.76. The molecule has 0 radical (unpaired) electrons. The molecule has 31 heavy (non-hydrogen) atoms. The number of rotatable bonds is 6. The van der Waals surface area contributed by atoms with Crippen LogP contribution in [0.1, 0.15) is 12.8 Å². The van der Waals surface area contributed by atoms with Gasteiger partial charge in [-0.05, 0) is 12.1 Å². The number of ether oxygens (including phenoxy) is 1. The maximum Gasteiger partial charge on any atom is 0.244 e. The van der Waals surface area contributed by atoms with Crippen molar-refractivity contribution in [1.29, 1.82) is 0 Å². The summed E-state index contributed by atoms with van der Waals surface area (Å²) in [7, 11) is -1.85. The van der Waals surface area contributed by atoms with Gasteiger partial charge in [-0.1, -0.05) is 18.2 Å². The molecule has 0 bridgehead atoms. The van der Waals surface area contributed by atoms with E-state index in [-0.39, 0.29) is 18.6 Å². The van der Waals surface area contributed by atoms with E-state index in [4.69, 9.17) is 4.74 Å². The van der Waals surface area contributed by atoms with E-state index in [1.165, 1.54) is 13.2 Å². The van der Waals surface area contributed by atoms with Gasteiger partial charge in [-0.15, -0.1) is 0 Å². The predicted octanol–water partition coefficient (Wildman–Crippen LogP) is 1.90. The minimum absolute atomic E-state index is 0.0404. The van der Waals surface area contributed by atoms with Crippen molar-refractivity contribution in [3.05, 3.63) is 48.8 Å². The third-order valence-corrected chi connectivity index (χ3v) is 6.71. The zero-order valence-electron chi connectivity index (χ0n) is 17.5. The molecule has 0 N–H and O–H groups in total. The Balaban J connectivity index is 1.30. The fraction of sp³-hybridized carbons (Fsp3) is 0.381. The third kappa shape index (κ3) is 4.79. The molecule has 0 aliphatic carbocycles. The Hall–Kier alpha value is -3.14. The molecule has 4 rings (SSSR count). The van der Waals surface area contributed by atoms with Gasteiger partial charge in [0.25, 0.3) is 0 Å². The first kappa shape index (κ1) is 21.1. The number of sulfonamides is 1. The Bertz CT molecular complexity index is 1170. The van der Waals surface area contributed by atoms with Gasteiger partial charge in [0.15, 0.2) is 0 Å². The van der Waals surface area contributed by atoms with Crippen LogP contribution in [-0.2, 0) is 21.4 Å². The van der Waals surface area contributed by atoms with Crippen LogP contribution in [0.25, 0.3) is 10.9 Å². The first-order chi connectivity index (χ1) is 14.8. The fourth-order valence-corrected chi connectivity index (χ4v) is 4.08. The Morgan fingerprint density at radius 1 is 1.16 bits per heavy atom. The van der Waals surface area contributed by atoms with E-state index in [1.807, 2.05) is 29.2 Å². The molecule has 164 valence electrons. The van der Waals surface area contributed by atoms with Crippen molar-refractivity contribution >= 4 is 32.5 Å². The maximum absolute atomic E-state index is 12.7. The summed E-state index contributed by atoms with van der Waals surface area (Å²) in [4.78, 5) is 18.8. The van der Waals surface area contributed by atoms with Crippen molar-refractivity contribution in [3.8, 4) is 5.88 Å². The average molecular weight is 444 g/mol. The number of likely N-dealkylation sites (tertiary alicyclic amines) is 1. The molecule has 10 heteroatoms. The lowest BCUT2D eigenvalue weighted by Crippen LogP contribution is -2.43. The molecule has 0 spiro atoms. The second kappa shape index (κ2) is 8.54. The number of hydrogen-bond acceptors (Lipinski definition) is 6. The SMILES string of the molecule is CN(c1ccc(OC2CCN(C(=O)Cn3ncc4ccccc43)CC2)nc1)S(C)(=O)=O. The molecule has 1 saturated heterocycles. The van der Waals surface area contributed by atoms with Crippen molar-refractivity contribution < 1.29 is 17.9 Å². The van der Waals surface area contributed by atoms with Crippen LogP contribution in [0.5, 0.6) is 5.88 Å². The highest BCUT2D eigenvalue weighted by molar-refractivity contribution is 7.92. The van der Waals surface area contributed by atoms with Gasteiger partial charge in [0.1, 0.15) is 12.6 Å². The maximum atomic E-state index is 12.7. The number of para-hydroxylation sites is 1. The number of aromatic nitrogens is 3. The predicted molar refractivity (Wildman–Crippen MR) is 117 cm³/mol.